The van der Waals surface area contributed by atoms with E-state index in [1.807, 2.05) is 15.2 Å². The number of carbonyl (C=O) groups excluding carboxylic acids is 3. The number of carbonyl (C=O) groups is 3. The van der Waals surface area contributed by atoms with Crippen molar-refractivity contribution in [1.82, 2.24) is 29.8 Å². The number of fused-ring (bicyclic) bond motifs is 3. The van der Waals surface area contributed by atoms with Gasteiger partial charge in [-0.2, -0.15) is 0 Å². The van der Waals surface area contributed by atoms with E-state index in [1.54, 1.807) is 28.4 Å². The molecule has 5 amide bonds. The number of nitrogens with two attached hydrogens (primary N) is 1. The molecule has 2 bridgehead atoms. The average Bonchev–Trinajstić information content (AvgIpc) is 3.56. The van der Waals surface area contributed by atoms with Crippen LogP contribution in [0.15, 0.2) is 22.9 Å². The van der Waals surface area contributed by atoms with Crippen molar-refractivity contribution in [3.63, 3.8) is 0 Å². The summed E-state index contributed by atoms with van der Waals surface area (Å²) in [5.74, 6) is 2.48. The minimum atomic E-state index is -0.795. The number of hydrogen-bond donors (Lipinski definition) is 3. The second kappa shape index (κ2) is 14.4. The van der Waals surface area contributed by atoms with Gasteiger partial charge in [-0.1, -0.05) is 17.5 Å². The summed E-state index contributed by atoms with van der Waals surface area (Å²) in [4.78, 5) is 51.7. The van der Waals surface area contributed by atoms with E-state index < -0.39 is 6.04 Å². The number of rotatable bonds is 6. The SMILES string of the molecule is C#Cc1cc(C[C@@H](NC(=O)N2CCC(N3CCc4cscc4NC3=O)CC2)C(=O)N2CCN(C3CC4CCC(C3)N4C)CC2)cc(Cl)c1N. The van der Waals surface area contributed by atoms with Crippen LogP contribution in [0.1, 0.15) is 55.2 Å². The van der Waals surface area contributed by atoms with Crippen LogP contribution >= 0.6 is 22.9 Å². The van der Waals surface area contributed by atoms with Crippen LogP contribution < -0.4 is 16.4 Å². The smallest absolute Gasteiger partial charge is 0.322 e. The Hall–Kier alpha value is -3.50. The average molecular weight is 707 g/mol. The molecule has 1 aromatic heterocycles. The quantitative estimate of drug-likeness (QED) is 0.310. The van der Waals surface area contributed by atoms with Gasteiger partial charge in [0.25, 0.3) is 0 Å². The standard InChI is InChI=1S/C36H47ClN8O3S/c1-3-24-16-23(17-30(37)33(24)38)18-31(34(46)43-14-12-42(13-15-43)29-19-27-4-5-28(20-29)41(27)2)39-35(47)44-9-7-26(8-10-44)45-11-6-25-21-49-22-32(25)40-36(45)48/h1,16-17,21-22,26-29,31H,4-15,18-20,38H2,2H3,(H,39,47)(H,40,48)/t27?,28?,29?,31-/m1/s1. The highest BCUT2D eigenvalue weighted by Crippen LogP contribution is 2.36. The van der Waals surface area contributed by atoms with E-state index in [4.69, 9.17) is 23.8 Å². The lowest BCUT2D eigenvalue weighted by Crippen LogP contribution is -2.60. The number of nitrogens with one attached hydrogen (secondary N) is 2. The molecule has 0 radical (unpaired) electrons. The molecule has 4 saturated heterocycles. The van der Waals surface area contributed by atoms with Crippen LogP contribution in [-0.4, -0.2) is 126 Å². The molecule has 5 aliphatic heterocycles. The third kappa shape index (κ3) is 7.09. The predicted molar refractivity (Wildman–Crippen MR) is 194 cm³/mol. The summed E-state index contributed by atoms with van der Waals surface area (Å²) in [6.45, 7) is 4.56. The Bertz CT molecular complexity index is 1600. The summed E-state index contributed by atoms with van der Waals surface area (Å²) in [6.07, 6.45) is 13.1. The van der Waals surface area contributed by atoms with Crippen LogP contribution in [-0.2, 0) is 17.6 Å². The Morgan fingerprint density at radius 2 is 1.71 bits per heavy atom. The topological polar surface area (TPSA) is 117 Å². The van der Waals surface area contributed by atoms with Crippen LogP contribution in [0.4, 0.5) is 21.0 Å². The van der Waals surface area contributed by atoms with E-state index in [-0.39, 0.29) is 30.4 Å². The molecule has 11 nitrogen and oxygen atoms in total. The first-order chi connectivity index (χ1) is 23.7. The van der Waals surface area contributed by atoms with Gasteiger partial charge in [-0.25, -0.2) is 9.59 Å². The first kappa shape index (κ1) is 34.0. The monoisotopic (exact) mass is 706 g/mol. The van der Waals surface area contributed by atoms with Gasteiger partial charge >= 0.3 is 12.1 Å². The van der Waals surface area contributed by atoms with Crippen LogP contribution in [0.25, 0.3) is 0 Å². The molecule has 2 aromatic rings. The van der Waals surface area contributed by atoms with E-state index in [2.05, 4.69) is 38.8 Å². The maximum Gasteiger partial charge on any atom is 0.322 e. The maximum absolute atomic E-state index is 14.2. The van der Waals surface area contributed by atoms with Gasteiger partial charge < -0.3 is 36.0 Å². The number of anilines is 2. The molecule has 6 heterocycles. The summed E-state index contributed by atoms with van der Waals surface area (Å²) >= 11 is 8.03. The van der Waals surface area contributed by atoms with Crippen LogP contribution in [0.3, 0.4) is 0 Å². The number of nitrogens with zero attached hydrogens (tertiary/aromatic N) is 5. The minimum Gasteiger partial charge on any atom is -0.397 e. The fourth-order valence-electron chi connectivity index (χ4n) is 8.68. The first-order valence-corrected chi connectivity index (χ1v) is 19.0. The van der Waals surface area contributed by atoms with Crippen molar-refractivity contribution in [1.29, 1.82) is 0 Å². The fourth-order valence-corrected chi connectivity index (χ4v) is 9.75. The molecule has 7 rings (SSSR count). The van der Waals surface area contributed by atoms with Gasteiger partial charge in [0.05, 0.1) is 16.4 Å². The number of likely N-dealkylation sites (tertiary alicyclic amines) is 1. The molecule has 4 N–H and O–H groups in total. The molecule has 2 unspecified atom stereocenters. The van der Waals surface area contributed by atoms with E-state index in [0.717, 1.165) is 30.8 Å². The van der Waals surface area contributed by atoms with Crippen molar-refractivity contribution in [2.45, 2.75) is 81.6 Å². The van der Waals surface area contributed by atoms with Crippen molar-refractivity contribution in [2.24, 2.45) is 0 Å². The number of terminal acetylenes is 1. The number of halogens is 1. The molecule has 3 atom stereocenters. The summed E-state index contributed by atoms with van der Waals surface area (Å²) in [5.41, 5.74) is 9.69. The number of thiophene rings is 1. The zero-order valence-electron chi connectivity index (χ0n) is 28.2. The van der Waals surface area contributed by atoms with Crippen molar-refractivity contribution >= 4 is 52.3 Å². The van der Waals surface area contributed by atoms with Gasteiger partial charge in [0.2, 0.25) is 5.91 Å². The summed E-state index contributed by atoms with van der Waals surface area (Å²) < 4.78 is 0. The van der Waals surface area contributed by atoms with E-state index in [0.29, 0.717) is 80.0 Å². The van der Waals surface area contributed by atoms with Gasteiger partial charge in [-0.05, 0) is 80.6 Å². The van der Waals surface area contributed by atoms with Crippen LogP contribution in [0.2, 0.25) is 5.02 Å². The Kier molecular flexibility index (Phi) is 9.98. The van der Waals surface area contributed by atoms with E-state index >= 15 is 0 Å². The summed E-state index contributed by atoms with van der Waals surface area (Å²) in [5, 5.41) is 10.5. The van der Waals surface area contributed by atoms with Crippen molar-refractivity contribution in [3.05, 3.63) is 44.6 Å². The highest BCUT2D eigenvalue weighted by atomic mass is 35.5. The van der Waals surface area contributed by atoms with Crippen molar-refractivity contribution in [2.75, 3.05) is 63.9 Å². The molecule has 0 aliphatic carbocycles. The van der Waals surface area contributed by atoms with Gasteiger partial charge in [-0.15, -0.1) is 17.8 Å². The number of piperidine rings is 2. The second-order valence-corrected chi connectivity index (χ2v) is 15.5. The molecule has 13 heteroatoms. The molecule has 5 aliphatic rings. The Labute approximate surface area is 298 Å². The highest BCUT2D eigenvalue weighted by molar-refractivity contribution is 7.08. The van der Waals surface area contributed by atoms with Gasteiger partial charge in [0, 0.05) is 87.3 Å². The largest absolute Gasteiger partial charge is 0.397 e. The molecule has 49 heavy (non-hydrogen) atoms. The van der Waals surface area contributed by atoms with E-state index in [1.165, 1.54) is 31.2 Å². The normalized spacial score (nSPS) is 25.7. The van der Waals surface area contributed by atoms with Gasteiger partial charge in [0.15, 0.2) is 0 Å². The lowest BCUT2D eigenvalue weighted by molar-refractivity contribution is -0.135. The molecule has 0 spiro atoms. The number of nitrogen functional groups attached to an aromatic ring is 1. The second-order valence-electron chi connectivity index (χ2n) is 14.3. The van der Waals surface area contributed by atoms with Crippen molar-refractivity contribution < 1.29 is 14.4 Å². The van der Waals surface area contributed by atoms with Crippen LogP contribution in [0.5, 0.6) is 0 Å². The third-order valence-electron chi connectivity index (χ3n) is 11.7. The maximum atomic E-state index is 14.2. The molecular weight excluding hydrogens is 660 g/mol. The molecule has 1 aromatic carbocycles. The molecule has 0 saturated carbocycles. The first-order valence-electron chi connectivity index (χ1n) is 17.7. The Morgan fingerprint density at radius 3 is 2.41 bits per heavy atom. The number of benzene rings is 1. The number of hydrogen-bond acceptors (Lipinski definition) is 7. The molecule has 4 fully saturated rings. The van der Waals surface area contributed by atoms with Gasteiger partial charge in [-0.3, -0.25) is 9.69 Å². The van der Waals surface area contributed by atoms with E-state index in [9.17, 15) is 14.4 Å². The van der Waals surface area contributed by atoms with Crippen LogP contribution in [0, 0.1) is 12.3 Å². The Morgan fingerprint density at radius 1 is 1.00 bits per heavy atom. The highest BCUT2D eigenvalue weighted by Gasteiger charge is 2.41. The summed E-state index contributed by atoms with van der Waals surface area (Å²) in [7, 11) is 2.26. The van der Waals surface area contributed by atoms with Crippen molar-refractivity contribution in [3.8, 4) is 12.3 Å². The van der Waals surface area contributed by atoms with Gasteiger partial charge in [0.1, 0.15) is 6.04 Å². The molecule has 262 valence electrons. The minimum absolute atomic E-state index is 0.0457. The fraction of sp³-hybridized carbons (Fsp3) is 0.583. The number of urea groups is 2. The zero-order valence-corrected chi connectivity index (χ0v) is 29.8. The zero-order chi connectivity index (χ0) is 34.2. The summed E-state index contributed by atoms with van der Waals surface area (Å²) in [6, 6.07) is 4.30. The number of amides is 5. The third-order valence-corrected chi connectivity index (χ3v) is 12.8. The Balaban J connectivity index is 0.993. The lowest BCUT2D eigenvalue weighted by atomic mass is 9.95. The molecular formula is C36H47ClN8O3S. The predicted octanol–water partition coefficient (Wildman–Crippen LogP) is 3.91. The lowest BCUT2D eigenvalue weighted by Gasteiger charge is -2.45. The number of piperazine rings is 1.